The van der Waals surface area contributed by atoms with Gasteiger partial charge in [0, 0.05) is 23.2 Å². The van der Waals surface area contributed by atoms with Crippen LogP contribution in [0.1, 0.15) is 86.3 Å². The number of carbonyl (C=O) groups is 2. The Morgan fingerprint density at radius 3 is 2.38 bits per heavy atom. The molecular formula is C30H41NO3. The zero-order chi connectivity index (χ0) is 25.1. The molecule has 0 radical (unpaired) electrons. The lowest BCUT2D eigenvalue weighted by Crippen LogP contribution is -2.27. The number of rotatable bonds is 8. The fourth-order valence-corrected chi connectivity index (χ4v) is 4.78. The highest BCUT2D eigenvalue weighted by Crippen LogP contribution is 2.32. The number of ketones is 1. The number of amides is 1. The van der Waals surface area contributed by atoms with Crippen LogP contribution in [0.5, 0.6) is 5.75 Å². The fraction of sp³-hybridized carbons (Fsp3) is 0.467. The first-order valence-electron chi connectivity index (χ1n) is 12.5. The topological polar surface area (TPSA) is 55.4 Å². The van der Waals surface area contributed by atoms with E-state index in [4.69, 9.17) is 4.74 Å². The average molecular weight is 464 g/mol. The first-order chi connectivity index (χ1) is 16.3. The minimum Gasteiger partial charge on any atom is -0.496 e. The van der Waals surface area contributed by atoms with E-state index in [1.807, 2.05) is 43.3 Å². The smallest absolute Gasteiger partial charge is 0.227 e. The molecule has 0 aliphatic heterocycles. The molecule has 0 unspecified atom stereocenters. The van der Waals surface area contributed by atoms with E-state index in [-0.39, 0.29) is 17.6 Å². The van der Waals surface area contributed by atoms with Crippen LogP contribution >= 0.6 is 0 Å². The van der Waals surface area contributed by atoms with Gasteiger partial charge in [-0.2, -0.15) is 0 Å². The van der Waals surface area contributed by atoms with Crippen LogP contribution in [0, 0.1) is 18.8 Å². The molecule has 1 amide bonds. The predicted molar refractivity (Wildman–Crippen MR) is 143 cm³/mol. The highest BCUT2D eigenvalue weighted by molar-refractivity contribution is 5.96. The Morgan fingerprint density at radius 2 is 1.82 bits per heavy atom. The number of nitrogens with one attached hydrogen (secondary N) is 1. The van der Waals surface area contributed by atoms with Crippen molar-refractivity contribution in [2.45, 2.75) is 72.6 Å². The Balaban J connectivity index is 0.000000270. The van der Waals surface area contributed by atoms with Crippen LogP contribution in [0.2, 0.25) is 0 Å². The summed E-state index contributed by atoms with van der Waals surface area (Å²) in [5.41, 5.74) is 4.90. The second kappa shape index (κ2) is 13.7. The van der Waals surface area contributed by atoms with Crippen molar-refractivity contribution in [3.63, 3.8) is 0 Å². The van der Waals surface area contributed by atoms with E-state index in [1.165, 1.54) is 25.7 Å². The molecule has 1 aliphatic carbocycles. The molecule has 2 aromatic carbocycles. The van der Waals surface area contributed by atoms with Crippen molar-refractivity contribution in [3.8, 4) is 5.75 Å². The summed E-state index contributed by atoms with van der Waals surface area (Å²) in [4.78, 5) is 23.6. The van der Waals surface area contributed by atoms with Gasteiger partial charge in [-0.1, -0.05) is 63.6 Å². The molecule has 2 aromatic rings. The SMILES string of the molecule is C=Cc1cccc(C(C)=O)c1CC.CCCC1CCC(C(=O)Nc2ccc(C)c(OC)c2)CC1. The number of hydrogen-bond donors (Lipinski definition) is 1. The summed E-state index contributed by atoms with van der Waals surface area (Å²) in [6.45, 7) is 11.6. The van der Waals surface area contributed by atoms with Crippen LogP contribution < -0.4 is 10.1 Å². The van der Waals surface area contributed by atoms with Gasteiger partial charge in [-0.25, -0.2) is 0 Å². The van der Waals surface area contributed by atoms with Crippen molar-refractivity contribution in [3.05, 3.63) is 65.2 Å². The average Bonchev–Trinajstić information content (AvgIpc) is 2.85. The Hall–Kier alpha value is -2.88. The van der Waals surface area contributed by atoms with Gasteiger partial charge >= 0.3 is 0 Å². The molecule has 1 aliphatic rings. The van der Waals surface area contributed by atoms with E-state index in [9.17, 15) is 9.59 Å². The number of aryl methyl sites for hydroxylation is 1. The first-order valence-corrected chi connectivity index (χ1v) is 12.5. The summed E-state index contributed by atoms with van der Waals surface area (Å²) in [5.74, 6) is 2.11. The van der Waals surface area contributed by atoms with E-state index in [0.717, 1.165) is 58.9 Å². The van der Waals surface area contributed by atoms with Crippen molar-refractivity contribution in [2.24, 2.45) is 11.8 Å². The maximum Gasteiger partial charge on any atom is 0.227 e. The van der Waals surface area contributed by atoms with E-state index >= 15 is 0 Å². The van der Waals surface area contributed by atoms with Crippen molar-refractivity contribution in [1.29, 1.82) is 0 Å². The summed E-state index contributed by atoms with van der Waals surface area (Å²) in [5, 5.41) is 3.04. The van der Waals surface area contributed by atoms with Gasteiger partial charge in [0.25, 0.3) is 0 Å². The van der Waals surface area contributed by atoms with Crippen LogP contribution in [0.4, 0.5) is 5.69 Å². The number of benzene rings is 2. The second-order valence-electron chi connectivity index (χ2n) is 9.17. The molecular weight excluding hydrogens is 422 g/mol. The summed E-state index contributed by atoms with van der Waals surface area (Å²) in [7, 11) is 1.66. The third-order valence-electron chi connectivity index (χ3n) is 6.76. The zero-order valence-corrected chi connectivity index (χ0v) is 21.6. The normalized spacial score (nSPS) is 17.2. The van der Waals surface area contributed by atoms with Crippen LogP contribution in [-0.4, -0.2) is 18.8 Å². The molecule has 0 saturated heterocycles. The standard InChI is InChI=1S/C18H27NO2.C12H14O/c1-4-5-14-7-9-15(10-8-14)18(20)19-16-11-6-13(2)17(12-16)21-3;1-4-10-7-6-8-12(9(3)13)11(10)5-2/h6,11-12,14-15H,4-5,7-10H2,1-3H3,(H,19,20);4,6-8H,1,5H2,2-3H3. The van der Waals surface area contributed by atoms with Crippen LogP contribution in [0.25, 0.3) is 6.08 Å². The monoisotopic (exact) mass is 463 g/mol. The maximum atomic E-state index is 12.4. The van der Waals surface area contributed by atoms with Gasteiger partial charge in [0.15, 0.2) is 5.78 Å². The number of anilines is 1. The van der Waals surface area contributed by atoms with E-state index in [1.54, 1.807) is 20.1 Å². The third kappa shape index (κ3) is 7.58. The van der Waals surface area contributed by atoms with Gasteiger partial charge in [-0.05, 0) is 74.6 Å². The van der Waals surface area contributed by atoms with Gasteiger partial charge in [0.1, 0.15) is 5.75 Å². The quantitative estimate of drug-likeness (QED) is 0.409. The van der Waals surface area contributed by atoms with Gasteiger partial charge in [0.05, 0.1) is 7.11 Å². The number of hydrogen-bond acceptors (Lipinski definition) is 3. The lowest BCUT2D eigenvalue weighted by atomic mass is 9.80. The Bertz CT molecular complexity index is 971. The third-order valence-corrected chi connectivity index (χ3v) is 6.76. The number of Topliss-reactive ketones (excluding diaryl/α,β-unsaturated/α-hetero) is 1. The maximum absolute atomic E-state index is 12.4. The van der Waals surface area contributed by atoms with Crippen molar-refractivity contribution in [2.75, 3.05) is 12.4 Å². The molecule has 1 N–H and O–H groups in total. The molecule has 34 heavy (non-hydrogen) atoms. The van der Waals surface area contributed by atoms with Gasteiger partial charge in [-0.15, -0.1) is 0 Å². The van der Waals surface area contributed by atoms with E-state index < -0.39 is 0 Å². The zero-order valence-electron chi connectivity index (χ0n) is 21.6. The number of methoxy groups -OCH3 is 1. The largest absolute Gasteiger partial charge is 0.496 e. The number of carbonyl (C=O) groups excluding carboxylic acids is 2. The molecule has 1 fully saturated rings. The van der Waals surface area contributed by atoms with Crippen molar-refractivity contribution in [1.82, 2.24) is 0 Å². The van der Waals surface area contributed by atoms with Crippen molar-refractivity contribution >= 4 is 23.5 Å². The Morgan fingerprint density at radius 1 is 1.12 bits per heavy atom. The summed E-state index contributed by atoms with van der Waals surface area (Å²) < 4.78 is 5.30. The molecule has 4 heteroatoms. The molecule has 0 spiro atoms. The van der Waals surface area contributed by atoms with Crippen LogP contribution in [-0.2, 0) is 11.2 Å². The highest BCUT2D eigenvalue weighted by Gasteiger charge is 2.25. The highest BCUT2D eigenvalue weighted by atomic mass is 16.5. The number of ether oxygens (including phenoxy) is 1. The molecule has 4 nitrogen and oxygen atoms in total. The molecule has 0 atom stereocenters. The van der Waals surface area contributed by atoms with E-state index in [2.05, 4.69) is 25.7 Å². The molecule has 0 bridgehead atoms. The lowest BCUT2D eigenvalue weighted by Gasteiger charge is -2.27. The summed E-state index contributed by atoms with van der Waals surface area (Å²) >= 11 is 0. The van der Waals surface area contributed by atoms with Gasteiger partial charge in [0.2, 0.25) is 5.91 Å². The van der Waals surface area contributed by atoms with Gasteiger partial charge in [-0.3, -0.25) is 9.59 Å². The van der Waals surface area contributed by atoms with E-state index in [0.29, 0.717) is 0 Å². The molecule has 0 heterocycles. The van der Waals surface area contributed by atoms with Crippen molar-refractivity contribution < 1.29 is 14.3 Å². The Kier molecular flexibility index (Phi) is 11.1. The summed E-state index contributed by atoms with van der Waals surface area (Å²) in [6, 6.07) is 11.6. The fourth-order valence-electron chi connectivity index (χ4n) is 4.78. The molecule has 184 valence electrons. The predicted octanol–water partition coefficient (Wildman–Crippen LogP) is 7.64. The molecule has 1 saturated carbocycles. The van der Waals surface area contributed by atoms with Crippen LogP contribution in [0.3, 0.4) is 0 Å². The second-order valence-corrected chi connectivity index (χ2v) is 9.17. The Labute approximate surface area is 205 Å². The summed E-state index contributed by atoms with van der Waals surface area (Å²) in [6.07, 6.45) is 9.68. The van der Waals surface area contributed by atoms with Gasteiger partial charge < -0.3 is 10.1 Å². The molecule has 0 aromatic heterocycles. The lowest BCUT2D eigenvalue weighted by molar-refractivity contribution is -0.121. The molecule has 3 rings (SSSR count). The minimum atomic E-state index is 0.126. The van der Waals surface area contributed by atoms with Crippen LogP contribution in [0.15, 0.2) is 43.0 Å². The first kappa shape index (κ1) is 27.4. The minimum absolute atomic E-state index is 0.126.